The third-order valence-corrected chi connectivity index (χ3v) is 2.67. The van der Waals surface area contributed by atoms with E-state index in [1.807, 2.05) is 18.2 Å². The minimum atomic E-state index is -0.140. The molecule has 4 heteroatoms. The van der Waals surface area contributed by atoms with Crippen molar-refractivity contribution in [3.63, 3.8) is 0 Å². The van der Waals surface area contributed by atoms with E-state index in [1.165, 1.54) is 5.56 Å². The predicted molar refractivity (Wildman–Crippen MR) is 67.5 cm³/mol. The van der Waals surface area contributed by atoms with Gasteiger partial charge in [-0.05, 0) is 18.4 Å². The van der Waals surface area contributed by atoms with E-state index < -0.39 is 0 Å². The van der Waals surface area contributed by atoms with Crippen molar-refractivity contribution in [2.75, 3.05) is 0 Å². The highest BCUT2D eigenvalue weighted by atomic mass is 15.2. The van der Waals surface area contributed by atoms with E-state index in [1.54, 1.807) is 0 Å². The third kappa shape index (κ3) is 3.14. The molecule has 0 unspecified atom stereocenters. The van der Waals surface area contributed by atoms with Crippen LogP contribution in [0.5, 0.6) is 0 Å². The number of nitrogens with one attached hydrogen (secondary N) is 1. The van der Waals surface area contributed by atoms with Crippen LogP contribution in [0.1, 0.15) is 36.6 Å². The predicted octanol–water partition coefficient (Wildman–Crippen LogP) is 2.00. The molecule has 3 N–H and O–H groups in total. The molecule has 0 aliphatic carbocycles. The molecule has 0 aliphatic heterocycles. The fourth-order valence-corrected chi connectivity index (χ4v) is 1.78. The smallest absolute Gasteiger partial charge is 0.167 e. The van der Waals surface area contributed by atoms with Gasteiger partial charge in [-0.2, -0.15) is 5.10 Å². The second-order valence-electron chi connectivity index (χ2n) is 4.19. The Balaban J connectivity index is 2.01. The molecular formula is C13H18N4. The Hall–Kier alpha value is -1.68. The maximum absolute atomic E-state index is 6.09. The second-order valence-corrected chi connectivity index (χ2v) is 4.19. The summed E-state index contributed by atoms with van der Waals surface area (Å²) in [5, 5.41) is 7.10. The largest absolute Gasteiger partial charge is 0.321 e. The normalized spacial score (nSPS) is 12.6. The van der Waals surface area contributed by atoms with E-state index in [2.05, 4.69) is 34.2 Å². The van der Waals surface area contributed by atoms with Crippen LogP contribution in [0.3, 0.4) is 0 Å². The summed E-state index contributed by atoms with van der Waals surface area (Å²) in [6, 6.07) is 10.0. The molecule has 0 amide bonds. The number of nitrogens with zero attached hydrogens (tertiary/aromatic N) is 2. The molecule has 2 aromatic rings. The number of aromatic amines is 1. The molecule has 1 aromatic carbocycles. The lowest BCUT2D eigenvalue weighted by molar-refractivity contribution is 0.670. The average molecular weight is 230 g/mol. The van der Waals surface area contributed by atoms with Gasteiger partial charge in [-0.3, -0.25) is 5.10 Å². The number of hydrogen-bond donors (Lipinski definition) is 2. The van der Waals surface area contributed by atoms with Crippen LogP contribution in [0.4, 0.5) is 0 Å². The van der Waals surface area contributed by atoms with Crippen molar-refractivity contribution < 1.29 is 0 Å². The molecule has 1 aromatic heterocycles. The van der Waals surface area contributed by atoms with E-state index in [-0.39, 0.29) is 6.04 Å². The summed E-state index contributed by atoms with van der Waals surface area (Å²) >= 11 is 0. The Morgan fingerprint density at radius 3 is 2.76 bits per heavy atom. The molecule has 0 spiro atoms. The minimum Gasteiger partial charge on any atom is -0.321 e. The standard InChI is InChI=1S/C13H18N4/c1-2-6-12-15-13(17-16-12)11(14)9-10-7-4-3-5-8-10/h3-5,7-8,11H,2,6,9,14H2,1H3,(H,15,16,17)/t11-/m1/s1. The first-order valence-electron chi connectivity index (χ1n) is 6.00. The van der Waals surface area contributed by atoms with Crippen LogP contribution in [0, 0.1) is 0 Å². The molecule has 90 valence electrons. The summed E-state index contributed by atoms with van der Waals surface area (Å²) in [4.78, 5) is 4.40. The van der Waals surface area contributed by atoms with Crippen LogP contribution in [0.2, 0.25) is 0 Å². The van der Waals surface area contributed by atoms with E-state index in [0.717, 1.165) is 25.1 Å². The minimum absolute atomic E-state index is 0.140. The zero-order valence-corrected chi connectivity index (χ0v) is 10.1. The van der Waals surface area contributed by atoms with Crippen LogP contribution in [-0.4, -0.2) is 15.2 Å². The van der Waals surface area contributed by atoms with E-state index in [0.29, 0.717) is 5.82 Å². The van der Waals surface area contributed by atoms with Gasteiger partial charge in [0, 0.05) is 6.42 Å². The van der Waals surface area contributed by atoms with Crippen LogP contribution >= 0.6 is 0 Å². The maximum Gasteiger partial charge on any atom is 0.167 e. The second kappa shape index (κ2) is 5.59. The van der Waals surface area contributed by atoms with Gasteiger partial charge in [0.25, 0.3) is 0 Å². The van der Waals surface area contributed by atoms with Gasteiger partial charge in [-0.15, -0.1) is 0 Å². The molecule has 0 aliphatic rings. The van der Waals surface area contributed by atoms with Gasteiger partial charge in [0.2, 0.25) is 0 Å². The lowest BCUT2D eigenvalue weighted by atomic mass is 10.1. The Morgan fingerprint density at radius 1 is 1.29 bits per heavy atom. The van der Waals surface area contributed by atoms with Gasteiger partial charge in [-0.25, -0.2) is 4.98 Å². The molecule has 1 heterocycles. The van der Waals surface area contributed by atoms with Crippen molar-refractivity contribution in [1.82, 2.24) is 15.2 Å². The van der Waals surface area contributed by atoms with E-state index in [4.69, 9.17) is 5.73 Å². The topological polar surface area (TPSA) is 67.6 Å². The summed E-state index contributed by atoms with van der Waals surface area (Å²) < 4.78 is 0. The van der Waals surface area contributed by atoms with Crippen LogP contribution in [0.15, 0.2) is 30.3 Å². The molecule has 0 saturated heterocycles. The summed E-state index contributed by atoms with van der Waals surface area (Å²) in [6.07, 6.45) is 2.75. The van der Waals surface area contributed by atoms with E-state index in [9.17, 15) is 0 Å². The summed E-state index contributed by atoms with van der Waals surface area (Å²) in [5.74, 6) is 1.63. The average Bonchev–Trinajstić information content (AvgIpc) is 2.79. The molecule has 0 bridgehead atoms. The monoisotopic (exact) mass is 230 g/mol. The zero-order valence-electron chi connectivity index (χ0n) is 10.1. The maximum atomic E-state index is 6.09. The lowest BCUT2D eigenvalue weighted by Gasteiger charge is -2.06. The van der Waals surface area contributed by atoms with Gasteiger partial charge in [0.15, 0.2) is 5.82 Å². The summed E-state index contributed by atoms with van der Waals surface area (Å²) in [6.45, 7) is 2.12. The Labute approximate surface area is 101 Å². The zero-order chi connectivity index (χ0) is 12.1. The van der Waals surface area contributed by atoms with Crippen molar-refractivity contribution in [3.05, 3.63) is 47.5 Å². The fraction of sp³-hybridized carbons (Fsp3) is 0.385. The Morgan fingerprint density at radius 2 is 2.06 bits per heavy atom. The quantitative estimate of drug-likeness (QED) is 0.825. The van der Waals surface area contributed by atoms with Crippen molar-refractivity contribution in [1.29, 1.82) is 0 Å². The van der Waals surface area contributed by atoms with Crippen molar-refractivity contribution in [2.45, 2.75) is 32.2 Å². The molecule has 4 nitrogen and oxygen atoms in total. The fourth-order valence-electron chi connectivity index (χ4n) is 1.78. The number of aryl methyl sites for hydroxylation is 1. The van der Waals surface area contributed by atoms with Crippen molar-refractivity contribution in [3.8, 4) is 0 Å². The highest BCUT2D eigenvalue weighted by molar-refractivity contribution is 5.17. The molecule has 0 saturated carbocycles. The summed E-state index contributed by atoms with van der Waals surface area (Å²) in [7, 11) is 0. The summed E-state index contributed by atoms with van der Waals surface area (Å²) in [5.41, 5.74) is 7.30. The Bertz CT molecular complexity index is 449. The molecule has 0 radical (unpaired) electrons. The molecule has 2 rings (SSSR count). The van der Waals surface area contributed by atoms with Gasteiger partial charge in [0.1, 0.15) is 5.82 Å². The van der Waals surface area contributed by atoms with Crippen LogP contribution in [0.25, 0.3) is 0 Å². The number of hydrogen-bond acceptors (Lipinski definition) is 3. The number of H-pyrrole nitrogens is 1. The van der Waals surface area contributed by atoms with Crippen LogP contribution < -0.4 is 5.73 Å². The van der Waals surface area contributed by atoms with Gasteiger partial charge < -0.3 is 5.73 Å². The van der Waals surface area contributed by atoms with Gasteiger partial charge >= 0.3 is 0 Å². The third-order valence-electron chi connectivity index (χ3n) is 2.67. The van der Waals surface area contributed by atoms with Gasteiger partial charge in [0.05, 0.1) is 6.04 Å². The first-order chi connectivity index (χ1) is 8.29. The molecule has 0 fully saturated rings. The Kier molecular flexibility index (Phi) is 3.88. The van der Waals surface area contributed by atoms with Crippen molar-refractivity contribution in [2.24, 2.45) is 5.73 Å². The highest BCUT2D eigenvalue weighted by Gasteiger charge is 2.12. The highest BCUT2D eigenvalue weighted by Crippen LogP contribution is 2.12. The number of aromatic nitrogens is 3. The number of rotatable bonds is 5. The molecule has 1 atom stereocenters. The number of benzene rings is 1. The first kappa shape index (κ1) is 11.8. The lowest BCUT2D eigenvalue weighted by Crippen LogP contribution is -2.15. The first-order valence-corrected chi connectivity index (χ1v) is 6.00. The molecular weight excluding hydrogens is 212 g/mol. The van der Waals surface area contributed by atoms with E-state index >= 15 is 0 Å². The SMILES string of the molecule is CCCc1nc([C@H](N)Cc2ccccc2)n[nH]1. The van der Waals surface area contributed by atoms with Crippen molar-refractivity contribution >= 4 is 0 Å². The van der Waals surface area contributed by atoms with Gasteiger partial charge in [-0.1, -0.05) is 37.3 Å². The molecule has 17 heavy (non-hydrogen) atoms. The number of nitrogens with two attached hydrogens (primary N) is 1. The van der Waals surface area contributed by atoms with Crippen LogP contribution in [-0.2, 0) is 12.8 Å².